The number of hydrogen-bond acceptors (Lipinski definition) is 9. The summed E-state index contributed by atoms with van der Waals surface area (Å²) in [5, 5.41) is 20.7. The smallest absolute Gasteiger partial charge is 0.301 e. The van der Waals surface area contributed by atoms with Crippen molar-refractivity contribution in [2.45, 2.75) is 23.1 Å². The van der Waals surface area contributed by atoms with E-state index in [0.29, 0.717) is 44.3 Å². The number of ether oxygens (including phenoxy) is 2. The Labute approximate surface area is 244 Å². The summed E-state index contributed by atoms with van der Waals surface area (Å²) in [5.74, 6) is -0.0150. The van der Waals surface area contributed by atoms with Gasteiger partial charge >= 0.3 is 5.91 Å². The van der Waals surface area contributed by atoms with E-state index in [-0.39, 0.29) is 16.5 Å². The summed E-state index contributed by atoms with van der Waals surface area (Å²) in [4.78, 5) is 28.1. The number of rotatable bonds is 9. The summed E-state index contributed by atoms with van der Waals surface area (Å²) in [7, 11) is 1.54. The highest BCUT2D eigenvalue weighted by molar-refractivity contribution is 8.00. The van der Waals surface area contributed by atoms with Crippen molar-refractivity contribution in [3.05, 3.63) is 100 Å². The van der Waals surface area contributed by atoms with Crippen LogP contribution in [0.1, 0.15) is 29.7 Å². The molecule has 204 valence electrons. The number of nitrogens with zero attached hydrogens (tertiary/aromatic N) is 3. The number of carbonyl (C=O) groups excluding carboxylic acids is 2. The number of aliphatic hydroxyl groups is 1. The third-order valence-corrected chi connectivity index (χ3v) is 8.57. The molecule has 11 heteroatoms. The molecule has 40 heavy (non-hydrogen) atoms. The molecule has 5 rings (SSSR count). The van der Waals surface area contributed by atoms with Crippen molar-refractivity contribution >= 4 is 57.3 Å². The normalized spacial score (nSPS) is 16.4. The van der Waals surface area contributed by atoms with E-state index in [1.54, 1.807) is 48.5 Å². The Morgan fingerprint density at radius 1 is 1.00 bits per heavy atom. The summed E-state index contributed by atoms with van der Waals surface area (Å²) < 4.78 is 11.4. The quantitative estimate of drug-likeness (QED) is 0.0769. The lowest BCUT2D eigenvalue weighted by atomic mass is 9.95. The standard InChI is InChI=1S/C29H24ClN3O5S2/c1-3-38-22-14-6-18(7-15-22)24-23(25(34)19-8-12-21(37-2)13-9-19)26(35)27(36)33(24)28-31-32-29(40-28)39-16-17-4-10-20(30)11-5-17/h4-15,24,34H,3,16H2,1-2H3/b25-23-. The maximum atomic E-state index is 13.4. The second-order valence-electron chi connectivity index (χ2n) is 8.67. The SMILES string of the molecule is CCOc1ccc(C2/C(=C(/O)c3ccc(OC)cc3)C(=O)C(=O)N2c2nnc(SCc3ccc(Cl)cc3)s2)cc1. The van der Waals surface area contributed by atoms with Gasteiger partial charge in [-0.25, -0.2) is 0 Å². The number of benzene rings is 3. The van der Waals surface area contributed by atoms with E-state index in [0.717, 1.165) is 5.56 Å². The first-order chi connectivity index (χ1) is 19.4. The lowest BCUT2D eigenvalue weighted by molar-refractivity contribution is -0.132. The fraction of sp³-hybridized carbons (Fsp3) is 0.172. The summed E-state index contributed by atoms with van der Waals surface area (Å²) in [6.07, 6.45) is 0. The molecule has 1 atom stereocenters. The molecule has 0 aliphatic carbocycles. The van der Waals surface area contributed by atoms with Gasteiger partial charge in [0.05, 0.1) is 25.3 Å². The van der Waals surface area contributed by atoms with Crippen molar-refractivity contribution in [3.8, 4) is 11.5 Å². The number of aliphatic hydroxyl groups excluding tert-OH is 1. The summed E-state index contributed by atoms with van der Waals surface area (Å²) in [6, 6.07) is 20.3. The molecule has 1 N–H and O–H groups in total. The molecule has 8 nitrogen and oxygen atoms in total. The minimum Gasteiger partial charge on any atom is -0.507 e. The molecule has 1 aliphatic heterocycles. The zero-order valence-corrected chi connectivity index (χ0v) is 23.9. The van der Waals surface area contributed by atoms with Gasteiger partial charge in [0, 0.05) is 16.3 Å². The molecule has 1 amide bonds. The van der Waals surface area contributed by atoms with Gasteiger partial charge in [0.2, 0.25) is 5.13 Å². The zero-order valence-electron chi connectivity index (χ0n) is 21.5. The monoisotopic (exact) mass is 593 g/mol. The first-order valence-corrected chi connectivity index (χ1v) is 14.5. The Hall–Kier alpha value is -3.86. The lowest BCUT2D eigenvalue weighted by Gasteiger charge is -2.22. The van der Waals surface area contributed by atoms with E-state index in [1.807, 2.05) is 31.2 Å². The van der Waals surface area contributed by atoms with Crippen molar-refractivity contribution < 1.29 is 24.2 Å². The highest BCUT2D eigenvalue weighted by atomic mass is 35.5. The number of amides is 1. The number of anilines is 1. The average Bonchev–Trinajstić information content (AvgIpc) is 3.55. The number of thioether (sulfide) groups is 1. The molecular weight excluding hydrogens is 570 g/mol. The van der Waals surface area contributed by atoms with Crippen LogP contribution in [0.2, 0.25) is 5.02 Å². The van der Waals surface area contributed by atoms with E-state index in [4.69, 9.17) is 21.1 Å². The fourth-order valence-electron chi connectivity index (χ4n) is 4.25. The minimum atomic E-state index is -0.917. The van der Waals surface area contributed by atoms with Crippen LogP contribution in [0, 0.1) is 0 Å². The van der Waals surface area contributed by atoms with E-state index >= 15 is 0 Å². The Balaban J connectivity index is 1.52. The summed E-state index contributed by atoms with van der Waals surface area (Å²) in [6.45, 7) is 2.38. The number of Topliss-reactive ketones (excluding diaryl/α,β-unsaturated/α-hetero) is 1. The van der Waals surface area contributed by atoms with Crippen molar-refractivity contribution in [2.24, 2.45) is 0 Å². The second kappa shape index (κ2) is 12.1. The Morgan fingerprint density at radius 2 is 1.68 bits per heavy atom. The Bertz CT molecular complexity index is 1550. The van der Waals surface area contributed by atoms with E-state index < -0.39 is 17.7 Å². The van der Waals surface area contributed by atoms with Crippen LogP contribution in [-0.4, -0.2) is 40.7 Å². The molecule has 1 unspecified atom stereocenters. The van der Waals surface area contributed by atoms with Gasteiger partial charge in [-0.1, -0.05) is 59.0 Å². The van der Waals surface area contributed by atoms with Gasteiger partial charge < -0.3 is 14.6 Å². The van der Waals surface area contributed by atoms with Crippen LogP contribution in [0.25, 0.3) is 5.76 Å². The van der Waals surface area contributed by atoms with Crippen LogP contribution in [0.4, 0.5) is 5.13 Å². The second-order valence-corrected chi connectivity index (χ2v) is 11.3. The number of aromatic nitrogens is 2. The van der Waals surface area contributed by atoms with E-state index in [1.165, 1.54) is 35.1 Å². The predicted molar refractivity (Wildman–Crippen MR) is 156 cm³/mol. The van der Waals surface area contributed by atoms with Gasteiger partial charge in [0.1, 0.15) is 17.3 Å². The van der Waals surface area contributed by atoms with Gasteiger partial charge in [0.15, 0.2) is 4.34 Å². The predicted octanol–water partition coefficient (Wildman–Crippen LogP) is 6.52. The number of halogens is 1. The molecule has 0 spiro atoms. The number of methoxy groups -OCH3 is 1. The van der Waals surface area contributed by atoms with E-state index in [2.05, 4.69) is 10.2 Å². The minimum absolute atomic E-state index is 0.0371. The molecule has 1 aliphatic rings. The fourth-order valence-corrected chi connectivity index (χ4v) is 6.20. The first kappa shape index (κ1) is 27.7. The third kappa shape index (κ3) is 5.70. The van der Waals surface area contributed by atoms with Gasteiger partial charge in [-0.2, -0.15) is 0 Å². The molecule has 1 aromatic heterocycles. The topological polar surface area (TPSA) is 102 Å². The Morgan fingerprint density at radius 3 is 2.33 bits per heavy atom. The van der Waals surface area contributed by atoms with Gasteiger partial charge in [-0.05, 0) is 66.6 Å². The number of ketones is 1. The molecular formula is C29H24ClN3O5S2. The highest BCUT2D eigenvalue weighted by Gasteiger charge is 2.48. The summed E-state index contributed by atoms with van der Waals surface area (Å²) >= 11 is 8.65. The van der Waals surface area contributed by atoms with Crippen LogP contribution in [0.5, 0.6) is 11.5 Å². The van der Waals surface area contributed by atoms with Crippen molar-refractivity contribution in [3.63, 3.8) is 0 Å². The van der Waals surface area contributed by atoms with Gasteiger partial charge in [0.25, 0.3) is 5.78 Å². The van der Waals surface area contributed by atoms with E-state index in [9.17, 15) is 14.7 Å². The maximum absolute atomic E-state index is 13.4. The average molecular weight is 594 g/mol. The van der Waals surface area contributed by atoms with Gasteiger partial charge in [-0.3, -0.25) is 14.5 Å². The van der Waals surface area contributed by atoms with Gasteiger partial charge in [-0.15, -0.1) is 10.2 Å². The molecule has 0 bridgehead atoms. The molecule has 2 heterocycles. The molecule has 0 saturated carbocycles. The van der Waals surface area contributed by atoms with Crippen molar-refractivity contribution in [2.75, 3.05) is 18.6 Å². The number of hydrogen-bond donors (Lipinski definition) is 1. The van der Waals surface area contributed by atoms with Crippen LogP contribution in [0.15, 0.2) is 82.7 Å². The summed E-state index contributed by atoms with van der Waals surface area (Å²) in [5.41, 5.74) is 2.01. The van der Waals surface area contributed by atoms with Crippen LogP contribution in [-0.2, 0) is 15.3 Å². The zero-order chi connectivity index (χ0) is 28.2. The Kier molecular flexibility index (Phi) is 8.39. The molecule has 1 fully saturated rings. The lowest BCUT2D eigenvalue weighted by Crippen LogP contribution is -2.29. The van der Waals surface area contributed by atoms with Crippen LogP contribution in [0.3, 0.4) is 0 Å². The largest absolute Gasteiger partial charge is 0.507 e. The van der Waals surface area contributed by atoms with Crippen molar-refractivity contribution in [1.29, 1.82) is 0 Å². The molecule has 1 saturated heterocycles. The van der Waals surface area contributed by atoms with Crippen LogP contribution < -0.4 is 14.4 Å². The maximum Gasteiger partial charge on any atom is 0.301 e. The van der Waals surface area contributed by atoms with Crippen LogP contribution >= 0.6 is 34.7 Å². The van der Waals surface area contributed by atoms with Crippen molar-refractivity contribution in [1.82, 2.24) is 10.2 Å². The first-order valence-electron chi connectivity index (χ1n) is 12.3. The number of carbonyl (C=O) groups is 2. The molecule has 3 aromatic carbocycles. The molecule has 4 aromatic rings. The molecule has 0 radical (unpaired) electrons. The third-order valence-electron chi connectivity index (χ3n) is 6.19. The highest BCUT2D eigenvalue weighted by Crippen LogP contribution is 2.44.